The first-order valence-electron chi connectivity index (χ1n) is 9.51. The minimum Gasteiger partial charge on any atom is -0.465 e. The molecule has 32 heavy (non-hydrogen) atoms. The normalized spacial score (nSPS) is 17.5. The van der Waals surface area contributed by atoms with Gasteiger partial charge in [0.25, 0.3) is 5.91 Å². The van der Waals surface area contributed by atoms with E-state index in [1.165, 1.54) is 32.4 Å². The average molecular weight is 439 g/mol. The standard InChI is InChI=1S/C22H21N3O7/c1-22(15-7-5-4-6-8-15)20(29)25(21(30)24-22)12-17(26)23-16-10-13(18(27)31-2)9-14(11-16)19(28)32-3/h4-11H,12H2,1-3H3,(H,23,26)(H,24,30). The zero-order valence-corrected chi connectivity index (χ0v) is 17.6. The van der Waals surface area contributed by atoms with Gasteiger partial charge in [-0.2, -0.15) is 0 Å². The molecule has 1 fully saturated rings. The molecule has 166 valence electrons. The molecule has 2 aromatic rings. The predicted octanol–water partition coefficient (Wildman–Crippen LogP) is 1.67. The summed E-state index contributed by atoms with van der Waals surface area (Å²) in [4.78, 5) is 62.5. The van der Waals surface area contributed by atoms with E-state index in [-0.39, 0.29) is 16.8 Å². The first-order valence-corrected chi connectivity index (χ1v) is 9.51. The Bertz CT molecular complexity index is 1070. The Hall–Kier alpha value is -4.21. The second-order valence-corrected chi connectivity index (χ2v) is 7.14. The van der Waals surface area contributed by atoms with E-state index in [4.69, 9.17) is 0 Å². The summed E-state index contributed by atoms with van der Waals surface area (Å²) in [5, 5.41) is 5.10. The van der Waals surface area contributed by atoms with Crippen molar-refractivity contribution in [3.63, 3.8) is 0 Å². The van der Waals surface area contributed by atoms with Crippen LogP contribution in [0.15, 0.2) is 48.5 Å². The van der Waals surface area contributed by atoms with Crippen molar-refractivity contribution in [2.75, 3.05) is 26.1 Å². The van der Waals surface area contributed by atoms with Crippen LogP contribution in [0.4, 0.5) is 10.5 Å². The van der Waals surface area contributed by atoms with Gasteiger partial charge in [0, 0.05) is 5.69 Å². The van der Waals surface area contributed by atoms with Crippen molar-refractivity contribution in [2.45, 2.75) is 12.5 Å². The van der Waals surface area contributed by atoms with Crippen LogP contribution in [0, 0.1) is 0 Å². The van der Waals surface area contributed by atoms with Crippen LogP contribution in [-0.2, 0) is 24.6 Å². The van der Waals surface area contributed by atoms with Crippen molar-refractivity contribution in [3.05, 3.63) is 65.2 Å². The maximum atomic E-state index is 12.9. The molecular weight excluding hydrogens is 418 g/mol. The van der Waals surface area contributed by atoms with Crippen LogP contribution in [0.2, 0.25) is 0 Å². The van der Waals surface area contributed by atoms with Crippen molar-refractivity contribution in [1.82, 2.24) is 10.2 Å². The topological polar surface area (TPSA) is 131 Å². The lowest BCUT2D eigenvalue weighted by molar-refractivity contribution is -0.133. The van der Waals surface area contributed by atoms with Gasteiger partial charge in [0.05, 0.1) is 25.3 Å². The lowest BCUT2D eigenvalue weighted by atomic mass is 9.92. The van der Waals surface area contributed by atoms with Crippen molar-refractivity contribution in [1.29, 1.82) is 0 Å². The molecule has 0 bridgehead atoms. The molecular formula is C22H21N3O7. The SMILES string of the molecule is COC(=O)c1cc(NC(=O)CN2C(=O)NC(C)(c3ccccc3)C2=O)cc(C(=O)OC)c1. The fourth-order valence-electron chi connectivity index (χ4n) is 3.32. The summed E-state index contributed by atoms with van der Waals surface area (Å²) in [6.07, 6.45) is 0. The highest BCUT2D eigenvalue weighted by Gasteiger charge is 2.49. The summed E-state index contributed by atoms with van der Waals surface area (Å²) in [5.41, 5.74) is -0.609. The number of benzene rings is 2. The predicted molar refractivity (Wildman–Crippen MR) is 112 cm³/mol. The third-order valence-electron chi connectivity index (χ3n) is 4.99. The molecule has 0 aromatic heterocycles. The van der Waals surface area contributed by atoms with Crippen LogP contribution in [0.25, 0.3) is 0 Å². The number of esters is 2. The summed E-state index contributed by atoms with van der Waals surface area (Å²) in [7, 11) is 2.35. The number of hydrogen-bond acceptors (Lipinski definition) is 7. The number of nitrogens with one attached hydrogen (secondary N) is 2. The Labute approximate surface area is 183 Å². The summed E-state index contributed by atoms with van der Waals surface area (Å²) in [6.45, 7) is 0.992. The zero-order chi connectivity index (χ0) is 23.5. The Kier molecular flexibility index (Phi) is 6.24. The van der Waals surface area contributed by atoms with E-state index in [1.54, 1.807) is 37.3 Å². The molecule has 4 amide bonds. The lowest BCUT2D eigenvalue weighted by Gasteiger charge is -2.22. The maximum absolute atomic E-state index is 12.9. The highest BCUT2D eigenvalue weighted by atomic mass is 16.5. The van der Waals surface area contributed by atoms with Crippen LogP contribution in [-0.4, -0.2) is 55.4 Å². The Morgan fingerprint density at radius 1 is 0.969 bits per heavy atom. The van der Waals surface area contributed by atoms with Gasteiger partial charge < -0.3 is 20.1 Å². The molecule has 2 aromatic carbocycles. The number of carbonyl (C=O) groups is 5. The first-order chi connectivity index (χ1) is 15.2. The molecule has 1 unspecified atom stereocenters. The quantitative estimate of drug-likeness (QED) is 0.517. The molecule has 3 rings (SSSR count). The van der Waals surface area contributed by atoms with E-state index in [0.717, 1.165) is 4.90 Å². The van der Waals surface area contributed by atoms with E-state index >= 15 is 0 Å². The van der Waals surface area contributed by atoms with Gasteiger partial charge in [-0.1, -0.05) is 30.3 Å². The van der Waals surface area contributed by atoms with Gasteiger partial charge in [-0.05, 0) is 30.7 Å². The van der Waals surface area contributed by atoms with Crippen LogP contribution in [0.5, 0.6) is 0 Å². The van der Waals surface area contributed by atoms with Crippen LogP contribution < -0.4 is 10.6 Å². The van der Waals surface area contributed by atoms with Gasteiger partial charge in [-0.25, -0.2) is 14.4 Å². The number of urea groups is 1. The third-order valence-corrected chi connectivity index (χ3v) is 4.99. The Morgan fingerprint density at radius 3 is 2.06 bits per heavy atom. The zero-order valence-electron chi connectivity index (χ0n) is 17.6. The van der Waals surface area contributed by atoms with Gasteiger partial charge in [0.2, 0.25) is 5.91 Å². The summed E-state index contributed by atoms with van der Waals surface area (Å²) in [6, 6.07) is 11.8. The van der Waals surface area contributed by atoms with Gasteiger partial charge in [0.1, 0.15) is 12.1 Å². The Morgan fingerprint density at radius 2 is 1.53 bits per heavy atom. The highest BCUT2D eigenvalue weighted by Crippen LogP contribution is 2.28. The highest BCUT2D eigenvalue weighted by molar-refractivity contribution is 6.10. The maximum Gasteiger partial charge on any atom is 0.337 e. The molecule has 10 heteroatoms. The molecule has 1 aliphatic heterocycles. The Balaban J connectivity index is 1.80. The van der Waals surface area contributed by atoms with Gasteiger partial charge in [0.15, 0.2) is 0 Å². The van der Waals surface area contributed by atoms with E-state index in [1.807, 2.05) is 0 Å². The van der Waals surface area contributed by atoms with Crippen LogP contribution in [0.3, 0.4) is 0 Å². The molecule has 1 atom stereocenters. The number of methoxy groups -OCH3 is 2. The van der Waals surface area contributed by atoms with E-state index in [0.29, 0.717) is 5.56 Å². The van der Waals surface area contributed by atoms with Crippen molar-refractivity contribution in [3.8, 4) is 0 Å². The molecule has 10 nitrogen and oxygen atoms in total. The van der Waals surface area contributed by atoms with Crippen LogP contribution in [0.1, 0.15) is 33.2 Å². The molecule has 0 spiro atoms. The summed E-state index contributed by atoms with van der Waals surface area (Å²) in [5.74, 6) is -2.73. The second kappa shape index (κ2) is 8.88. The van der Waals surface area contributed by atoms with Crippen molar-refractivity contribution >= 4 is 35.5 Å². The summed E-state index contributed by atoms with van der Waals surface area (Å²) >= 11 is 0. The average Bonchev–Trinajstić information content (AvgIpc) is 3.02. The fraction of sp³-hybridized carbons (Fsp3) is 0.227. The van der Waals surface area contributed by atoms with Gasteiger partial charge >= 0.3 is 18.0 Å². The van der Waals surface area contributed by atoms with E-state index < -0.39 is 41.9 Å². The molecule has 2 N–H and O–H groups in total. The molecule has 1 aliphatic rings. The van der Waals surface area contributed by atoms with Gasteiger partial charge in [-0.15, -0.1) is 0 Å². The smallest absolute Gasteiger partial charge is 0.337 e. The number of carbonyl (C=O) groups excluding carboxylic acids is 5. The second-order valence-electron chi connectivity index (χ2n) is 7.14. The van der Waals surface area contributed by atoms with Crippen molar-refractivity contribution < 1.29 is 33.4 Å². The molecule has 0 saturated carbocycles. The number of nitrogens with zero attached hydrogens (tertiary/aromatic N) is 1. The third kappa shape index (κ3) is 4.29. The minimum atomic E-state index is -1.30. The van der Waals surface area contributed by atoms with Gasteiger partial charge in [-0.3, -0.25) is 14.5 Å². The first kappa shape index (κ1) is 22.5. The van der Waals surface area contributed by atoms with E-state index in [2.05, 4.69) is 20.1 Å². The van der Waals surface area contributed by atoms with Crippen molar-refractivity contribution in [2.24, 2.45) is 0 Å². The number of amides is 4. The molecule has 0 aliphatic carbocycles. The van der Waals surface area contributed by atoms with Crippen LogP contribution >= 0.6 is 0 Å². The number of hydrogen-bond donors (Lipinski definition) is 2. The largest absolute Gasteiger partial charge is 0.465 e. The molecule has 0 radical (unpaired) electrons. The summed E-state index contributed by atoms with van der Waals surface area (Å²) < 4.78 is 9.31. The fourth-order valence-corrected chi connectivity index (χ4v) is 3.32. The minimum absolute atomic E-state index is 0.0114. The number of anilines is 1. The van der Waals surface area contributed by atoms with E-state index in [9.17, 15) is 24.0 Å². The number of ether oxygens (including phenoxy) is 2. The number of imide groups is 1. The molecule has 1 saturated heterocycles. The lowest BCUT2D eigenvalue weighted by Crippen LogP contribution is -2.42. The molecule has 1 heterocycles. The monoisotopic (exact) mass is 439 g/mol. The number of rotatable bonds is 6.